The fourth-order valence-corrected chi connectivity index (χ4v) is 3.50. The van der Waals surface area contributed by atoms with Crippen molar-refractivity contribution in [2.45, 2.75) is 48.9 Å². The van der Waals surface area contributed by atoms with Gasteiger partial charge in [0, 0.05) is 5.75 Å². The van der Waals surface area contributed by atoms with E-state index in [1.165, 1.54) is 6.92 Å². The molecule has 12 N–H and O–H groups in total. The third-order valence-electron chi connectivity index (χ3n) is 4.28. The van der Waals surface area contributed by atoms with Gasteiger partial charge in [-0.1, -0.05) is 0 Å². The number of carbonyl (C=O) groups excluding carboxylic acids is 5. The fourth-order valence-electron chi connectivity index (χ4n) is 2.51. The summed E-state index contributed by atoms with van der Waals surface area (Å²) in [6.45, 7) is 0.432. The van der Waals surface area contributed by atoms with Gasteiger partial charge in [-0.25, -0.2) is 0 Å². The summed E-state index contributed by atoms with van der Waals surface area (Å²) in [6.07, 6.45) is -2.11. The van der Waals surface area contributed by atoms with Crippen molar-refractivity contribution in [2.75, 3.05) is 12.4 Å². The molecule has 6 atom stereocenters. The first-order valence-electron chi connectivity index (χ1n) is 9.33. The second-order valence-corrected chi connectivity index (χ2v) is 8.11. The Bertz CT molecular complexity index is 767. The number of aliphatic hydroxyl groups is 1. The van der Waals surface area contributed by atoms with Gasteiger partial charge in [0.05, 0.1) is 25.2 Å². The minimum atomic E-state index is -1.51. The van der Waals surface area contributed by atoms with Crippen LogP contribution in [0.25, 0.3) is 0 Å². The third kappa shape index (κ3) is 7.95. The Labute approximate surface area is 186 Å². The van der Waals surface area contributed by atoms with E-state index >= 15 is 0 Å². The lowest BCUT2D eigenvalue weighted by molar-refractivity contribution is -0.138. The molecule has 1 saturated heterocycles. The molecule has 1 heterocycles. The Kier molecular flexibility index (Phi) is 10.3. The minimum Gasteiger partial charge on any atom is -0.480 e. The molecule has 0 radical (unpaired) electrons. The number of nitrogens with one attached hydrogen (secondary N) is 4. The molecule has 15 nitrogen and oxygen atoms in total. The predicted octanol–water partition coefficient (Wildman–Crippen LogP) is -5.74. The number of hydrogen-bond donors (Lipinski definition) is 9. The van der Waals surface area contributed by atoms with Gasteiger partial charge in [0.25, 0.3) is 0 Å². The summed E-state index contributed by atoms with van der Waals surface area (Å²) in [5, 5.41) is 26.2. The van der Waals surface area contributed by atoms with E-state index in [1.807, 2.05) is 0 Å². The van der Waals surface area contributed by atoms with Crippen LogP contribution in [-0.2, 0) is 28.8 Å². The second kappa shape index (κ2) is 12.2. The van der Waals surface area contributed by atoms with Crippen LogP contribution in [0.4, 0.5) is 0 Å². The van der Waals surface area contributed by atoms with Gasteiger partial charge in [-0.3, -0.25) is 28.8 Å². The standard InChI is InChI=1S/C16H27N7O8S/c1-5-12(26)21-7(2-9(18)25)14(28)23-11(19)10(16(30)31)32-4-6(17)13(27)22-8(3-24)15(29)20-5/h5-8,10-11,24H,2-4,17,19H2,1H3,(H2,18,25)(H,20,29)(H,21,26)(H,22,27)(H,23,28)(H,30,31)/t5-,6-,7-,8?,10?,11-/m0/s1. The van der Waals surface area contributed by atoms with Crippen LogP contribution in [0.3, 0.4) is 0 Å². The molecule has 2 unspecified atom stereocenters. The lowest BCUT2D eigenvalue weighted by atomic mass is 10.1. The molecule has 1 aliphatic heterocycles. The molecule has 5 amide bonds. The van der Waals surface area contributed by atoms with E-state index in [2.05, 4.69) is 21.3 Å². The number of amides is 5. The number of aliphatic carboxylic acids is 1. The van der Waals surface area contributed by atoms with E-state index in [1.54, 1.807) is 0 Å². The molecule has 0 aromatic carbocycles. The summed E-state index contributed by atoms with van der Waals surface area (Å²) < 4.78 is 0. The van der Waals surface area contributed by atoms with Gasteiger partial charge >= 0.3 is 5.97 Å². The number of carboxylic acid groups (broad SMARTS) is 1. The first-order chi connectivity index (χ1) is 14.9. The minimum absolute atomic E-state index is 0.260. The van der Waals surface area contributed by atoms with Crippen molar-refractivity contribution in [1.82, 2.24) is 21.3 Å². The molecule has 0 saturated carbocycles. The van der Waals surface area contributed by atoms with E-state index in [4.69, 9.17) is 17.2 Å². The highest BCUT2D eigenvalue weighted by Gasteiger charge is 2.34. The first-order valence-corrected chi connectivity index (χ1v) is 10.4. The molecule has 1 rings (SSSR count). The highest BCUT2D eigenvalue weighted by molar-refractivity contribution is 8.00. The molecule has 180 valence electrons. The van der Waals surface area contributed by atoms with Crippen LogP contribution < -0.4 is 38.5 Å². The molecule has 0 spiro atoms. The average molecular weight is 478 g/mol. The van der Waals surface area contributed by atoms with Crippen LogP contribution >= 0.6 is 11.8 Å². The monoisotopic (exact) mass is 477 g/mol. The first kappa shape index (κ1) is 27.1. The molecule has 0 bridgehead atoms. The quantitative estimate of drug-likeness (QED) is 0.184. The summed E-state index contributed by atoms with van der Waals surface area (Å²) in [6, 6.07) is -5.51. The molecule has 0 aromatic heterocycles. The molecule has 1 aliphatic rings. The van der Waals surface area contributed by atoms with Crippen molar-refractivity contribution in [3.05, 3.63) is 0 Å². The largest absolute Gasteiger partial charge is 0.480 e. The Morgan fingerprint density at radius 2 is 1.53 bits per heavy atom. The lowest BCUT2D eigenvalue weighted by Crippen LogP contribution is -2.61. The smallest absolute Gasteiger partial charge is 0.320 e. The normalized spacial score (nSPS) is 31.0. The number of hydrogen-bond acceptors (Lipinski definition) is 10. The number of rotatable bonds is 4. The number of carboxylic acids is 1. The molecule has 32 heavy (non-hydrogen) atoms. The van der Waals surface area contributed by atoms with Gasteiger partial charge in [0.2, 0.25) is 29.5 Å². The Morgan fingerprint density at radius 1 is 0.969 bits per heavy atom. The molecular weight excluding hydrogens is 450 g/mol. The number of nitrogens with two attached hydrogens (primary N) is 3. The van der Waals surface area contributed by atoms with Crippen LogP contribution in [0.5, 0.6) is 0 Å². The van der Waals surface area contributed by atoms with Crippen molar-refractivity contribution in [3.63, 3.8) is 0 Å². The zero-order chi connectivity index (χ0) is 24.6. The molecule has 1 fully saturated rings. The topological polar surface area (TPSA) is 269 Å². The third-order valence-corrected chi connectivity index (χ3v) is 5.68. The van der Waals surface area contributed by atoms with E-state index in [0.717, 1.165) is 0 Å². The van der Waals surface area contributed by atoms with E-state index in [-0.39, 0.29) is 5.75 Å². The summed E-state index contributed by atoms with van der Waals surface area (Å²) in [4.78, 5) is 72.3. The van der Waals surface area contributed by atoms with Crippen molar-refractivity contribution in [1.29, 1.82) is 0 Å². The maximum absolute atomic E-state index is 12.5. The van der Waals surface area contributed by atoms with Gasteiger partial charge < -0.3 is 48.7 Å². The fraction of sp³-hybridized carbons (Fsp3) is 0.625. The zero-order valence-corrected chi connectivity index (χ0v) is 17.9. The number of carbonyl (C=O) groups is 6. The highest BCUT2D eigenvalue weighted by Crippen LogP contribution is 2.15. The van der Waals surface area contributed by atoms with Crippen LogP contribution in [0.15, 0.2) is 0 Å². The zero-order valence-electron chi connectivity index (χ0n) is 17.1. The Balaban J connectivity index is 3.24. The Hall–Kier alpha value is -2.95. The van der Waals surface area contributed by atoms with Crippen LogP contribution in [-0.4, -0.2) is 93.7 Å². The van der Waals surface area contributed by atoms with E-state index in [0.29, 0.717) is 11.8 Å². The van der Waals surface area contributed by atoms with Gasteiger partial charge in [-0.2, -0.15) is 0 Å². The number of aliphatic hydroxyl groups excluding tert-OH is 1. The SMILES string of the molecule is C[C@@H]1NC(=O)C(CO)NC(=O)[C@@H](N)CSC(C(=O)O)[C@@H](N)NC(=O)[C@H](CC(N)=O)NC1=O. The van der Waals surface area contributed by atoms with Gasteiger partial charge in [-0.15, -0.1) is 11.8 Å². The summed E-state index contributed by atoms with van der Waals surface area (Å²) >= 11 is 0.646. The lowest BCUT2D eigenvalue weighted by Gasteiger charge is -2.27. The summed E-state index contributed by atoms with van der Waals surface area (Å²) in [5.41, 5.74) is 16.6. The van der Waals surface area contributed by atoms with Crippen molar-refractivity contribution in [2.24, 2.45) is 17.2 Å². The second-order valence-electron chi connectivity index (χ2n) is 6.94. The average Bonchev–Trinajstić information content (AvgIpc) is 2.69. The maximum Gasteiger partial charge on any atom is 0.320 e. The Morgan fingerprint density at radius 3 is 2.06 bits per heavy atom. The number of primary amides is 1. The number of thioether (sulfide) groups is 1. The van der Waals surface area contributed by atoms with Gasteiger partial charge in [0.15, 0.2) is 0 Å². The molecule has 16 heteroatoms. The van der Waals surface area contributed by atoms with Crippen molar-refractivity contribution >= 4 is 47.3 Å². The van der Waals surface area contributed by atoms with Gasteiger partial charge in [0.1, 0.15) is 23.4 Å². The maximum atomic E-state index is 12.5. The highest BCUT2D eigenvalue weighted by atomic mass is 32.2. The van der Waals surface area contributed by atoms with E-state index in [9.17, 15) is 39.0 Å². The van der Waals surface area contributed by atoms with Crippen LogP contribution in [0, 0.1) is 0 Å². The summed E-state index contributed by atoms with van der Waals surface area (Å²) in [7, 11) is 0. The van der Waals surface area contributed by atoms with Crippen LogP contribution in [0.1, 0.15) is 13.3 Å². The molecule has 0 aromatic rings. The van der Waals surface area contributed by atoms with Crippen molar-refractivity contribution in [3.8, 4) is 0 Å². The molecular formula is C16H27N7O8S. The van der Waals surface area contributed by atoms with E-state index < -0.39 is 84.1 Å². The van der Waals surface area contributed by atoms with Gasteiger partial charge in [-0.05, 0) is 6.92 Å². The molecule has 0 aliphatic carbocycles. The van der Waals surface area contributed by atoms with Crippen molar-refractivity contribution < 1.29 is 39.0 Å². The van der Waals surface area contributed by atoms with Crippen LogP contribution in [0.2, 0.25) is 0 Å². The predicted molar refractivity (Wildman–Crippen MR) is 110 cm³/mol. The summed E-state index contributed by atoms with van der Waals surface area (Å²) in [5.74, 6) is -6.29.